The predicted molar refractivity (Wildman–Crippen MR) is 74.7 cm³/mol. The topological polar surface area (TPSA) is 50.4 Å². The molecular weight excluding hydrogens is 297 g/mol. The number of hydrogen-bond acceptors (Lipinski definition) is 2. The lowest BCUT2D eigenvalue weighted by Crippen LogP contribution is -2.45. The summed E-state index contributed by atoms with van der Waals surface area (Å²) in [6.07, 6.45) is -3.12. The van der Waals surface area contributed by atoms with Crippen LogP contribution in [0.5, 0.6) is 0 Å². The molecule has 7 heteroatoms. The molecule has 0 bridgehead atoms. The third-order valence-electron chi connectivity index (χ3n) is 3.72. The first-order valence-electron chi connectivity index (χ1n) is 7.24. The van der Waals surface area contributed by atoms with Gasteiger partial charge in [-0.3, -0.25) is 4.84 Å². The molecule has 0 saturated heterocycles. The molecule has 2 rings (SSSR count). The summed E-state index contributed by atoms with van der Waals surface area (Å²) in [6, 6.07) is 8.16. The van der Waals surface area contributed by atoms with Crippen LogP contribution in [0, 0.1) is 5.92 Å². The average molecular weight is 316 g/mol. The van der Waals surface area contributed by atoms with Gasteiger partial charge in [-0.15, -0.1) is 0 Å². The smallest absolute Gasteiger partial charge is 0.334 e. The first-order valence-corrected chi connectivity index (χ1v) is 7.24. The van der Waals surface area contributed by atoms with Crippen LogP contribution in [0.25, 0.3) is 0 Å². The van der Waals surface area contributed by atoms with E-state index in [1.165, 1.54) is 0 Å². The summed E-state index contributed by atoms with van der Waals surface area (Å²) in [4.78, 5) is 16.7. The van der Waals surface area contributed by atoms with E-state index < -0.39 is 24.2 Å². The van der Waals surface area contributed by atoms with Crippen LogP contribution in [0.4, 0.5) is 18.0 Å². The number of rotatable bonds is 4. The number of carbonyl (C=O) groups is 1. The monoisotopic (exact) mass is 316 g/mol. The standard InChI is InChI=1S/C15H19F3N2O2/c16-15(17,18)12-7-4-8-13(9-12)19-14(21)20-22-10-11-5-2-1-3-6-11/h1-3,5-6,12-13H,4,7-10H2,(H2,19,20,21)/t12-,13-/m0/s1. The van der Waals surface area contributed by atoms with Gasteiger partial charge in [-0.2, -0.15) is 13.2 Å². The van der Waals surface area contributed by atoms with Gasteiger partial charge in [-0.05, 0) is 24.8 Å². The number of amides is 2. The number of benzene rings is 1. The van der Waals surface area contributed by atoms with Crippen molar-refractivity contribution in [1.82, 2.24) is 10.8 Å². The molecule has 0 aromatic heterocycles. The van der Waals surface area contributed by atoms with Gasteiger partial charge < -0.3 is 5.32 Å². The summed E-state index contributed by atoms with van der Waals surface area (Å²) in [5, 5.41) is 2.53. The molecule has 0 aliphatic heterocycles. The van der Waals surface area contributed by atoms with Crippen molar-refractivity contribution >= 4 is 6.03 Å². The molecule has 122 valence electrons. The molecule has 1 fully saturated rings. The van der Waals surface area contributed by atoms with E-state index in [1.807, 2.05) is 30.3 Å². The van der Waals surface area contributed by atoms with Crippen LogP contribution in [-0.2, 0) is 11.4 Å². The molecule has 2 N–H and O–H groups in total. The maximum Gasteiger partial charge on any atom is 0.391 e. The SMILES string of the molecule is O=C(NOCc1ccccc1)N[C@H]1CCC[C@H](C(F)(F)F)C1. The van der Waals surface area contributed by atoms with E-state index >= 15 is 0 Å². The fourth-order valence-electron chi connectivity index (χ4n) is 2.59. The molecular formula is C15H19F3N2O2. The molecule has 22 heavy (non-hydrogen) atoms. The minimum absolute atomic E-state index is 0.0738. The second-order valence-electron chi connectivity index (χ2n) is 5.45. The Labute approximate surface area is 127 Å². The van der Waals surface area contributed by atoms with E-state index in [2.05, 4.69) is 10.8 Å². The summed E-state index contributed by atoms with van der Waals surface area (Å²) < 4.78 is 38.1. The maximum absolute atomic E-state index is 12.7. The fourth-order valence-corrected chi connectivity index (χ4v) is 2.59. The van der Waals surface area contributed by atoms with Crippen molar-refractivity contribution in [2.75, 3.05) is 0 Å². The molecule has 1 aromatic carbocycles. The first-order chi connectivity index (χ1) is 10.4. The lowest BCUT2D eigenvalue weighted by molar-refractivity contribution is -0.183. The molecule has 0 unspecified atom stereocenters. The Hall–Kier alpha value is -1.76. The van der Waals surface area contributed by atoms with Crippen LogP contribution in [0.3, 0.4) is 0 Å². The lowest BCUT2D eigenvalue weighted by atomic mass is 9.85. The van der Waals surface area contributed by atoms with Gasteiger partial charge in [0.25, 0.3) is 0 Å². The van der Waals surface area contributed by atoms with Crippen molar-refractivity contribution in [3.05, 3.63) is 35.9 Å². The Balaban J connectivity index is 1.70. The van der Waals surface area contributed by atoms with E-state index in [0.29, 0.717) is 12.8 Å². The second-order valence-corrected chi connectivity index (χ2v) is 5.45. The minimum atomic E-state index is -4.19. The number of hydroxylamine groups is 1. The predicted octanol–water partition coefficient (Wildman–Crippen LogP) is 3.54. The molecule has 1 aliphatic carbocycles. The summed E-state index contributed by atoms with van der Waals surface area (Å²) >= 11 is 0. The quantitative estimate of drug-likeness (QED) is 0.835. The van der Waals surface area contributed by atoms with E-state index in [4.69, 9.17) is 4.84 Å². The summed E-state index contributed by atoms with van der Waals surface area (Å²) in [7, 11) is 0. The summed E-state index contributed by atoms with van der Waals surface area (Å²) in [5.74, 6) is -1.34. The summed E-state index contributed by atoms with van der Waals surface area (Å²) in [5.41, 5.74) is 3.09. The normalized spacial score (nSPS) is 22.1. The first kappa shape index (κ1) is 16.6. The Bertz CT molecular complexity index is 479. The highest BCUT2D eigenvalue weighted by molar-refractivity contribution is 5.73. The number of halogens is 3. The zero-order valence-corrected chi connectivity index (χ0v) is 12.0. The van der Waals surface area contributed by atoms with Gasteiger partial charge in [0.05, 0.1) is 12.5 Å². The average Bonchev–Trinajstić information content (AvgIpc) is 2.48. The van der Waals surface area contributed by atoms with Gasteiger partial charge in [0.15, 0.2) is 0 Å². The minimum Gasteiger partial charge on any atom is -0.334 e. The van der Waals surface area contributed by atoms with Crippen LogP contribution in [-0.4, -0.2) is 18.2 Å². The Morgan fingerprint density at radius 3 is 2.64 bits per heavy atom. The van der Waals surface area contributed by atoms with Gasteiger partial charge in [0.1, 0.15) is 0 Å². The molecule has 2 atom stereocenters. The van der Waals surface area contributed by atoms with E-state index in [-0.39, 0.29) is 19.4 Å². The van der Waals surface area contributed by atoms with Crippen molar-refractivity contribution in [3.8, 4) is 0 Å². The second kappa shape index (κ2) is 7.49. The zero-order chi connectivity index (χ0) is 16.0. The molecule has 1 aliphatic rings. The molecule has 0 spiro atoms. The highest BCUT2D eigenvalue weighted by atomic mass is 19.4. The third kappa shape index (κ3) is 5.22. The Kier molecular flexibility index (Phi) is 5.65. The molecule has 0 radical (unpaired) electrons. The van der Waals surface area contributed by atoms with Crippen LogP contribution < -0.4 is 10.8 Å². The van der Waals surface area contributed by atoms with Crippen molar-refractivity contribution in [2.45, 2.75) is 44.5 Å². The Morgan fingerprint density at radius 1 is 1.23 bits per heavy atom. The molecule has 1 aromatic rings. The van der Waals surface area contributed by atoms with Crippen LogP contribution in [0.1, 0.15) is 31.2 Å². The van der Waals surface area contributed by atoms with E-state index in [1.54, 1.807) is 0 Å². The van der Waals surface area contributed by atoms with Crippen LogP contribution in [0.15, 0.2) is 30.3 Å². The van der Waals surface area contributed by atoms with Gasteiger partial charge >= 0.3 is 12.2 Å². The number of urea groups is 1. The number of carbonyl (C=O) groups excluding carboxylic acids is 1. The van der Waals surface area contributed by atoms with Gasteiger partial charge in [0, 0.05) is 6.04 Å². The van der Waals surface area contributed by atoms with Crippen molar-refractivity contribution in [1.29, 1.82) is 0 Å². The molecule has 4 nitrogen and oxygen atoms in total. The van der Waals surface area contributed by atoms with Crippen LogP contribution in [0.2, 0.25) is 0 Å². The van der Waals surface area contributed by atoms with Crippen molar-refractivity contribution in [3.63, 3.8) is 0 Å². The molecule has 2 amide bonds. The molecule has 1 saturated carbocycles. The zero-order valence-electron chi connectivity index (χ0n) is 12.0. The Morgan fingerprint density at radius 2 is 1.95 bits per heavy atom. The maximum atomic E-state index is 12.7. The number of nitrogens with one attached hydrogen (secondary N) is 2. The van der Waals surface area contributed by atoms with Gasteiger partial charge in [0.2, 0.25) is 0 Å². The van der Waals surface area contributed by atoms with Gasteiger partial charge in [-0.1, -0.05) is 36.8 Å². The highest BCUT2D eigenvalue weighted by Crippen LogP contribution is 2.37. The number of alkyl halides is 3. The largest absolute Gasteiger partial charge is 0.391 e. The summed E-state index contributed by atoms with van der Waals surface area (Å²) in [6.45, 7) is 0.199. The van der Waals surface area contributed by atoms with Crippen molar-refractivity contribution < 1.29 is 22.8 Å². The molecule has 0 heterocycles. The van der Waals surface area contributed by atoms with E-state index in [9.17, 15) is 18.0 Å². The van der Waals surface area contributed by atoms with Gasteiger partial charge in [-0.25, -0.2) is 10.3 Å². The van der Waals surface area contributed by atoms with Crippen LogP contribution >= 0.6 is 0 Å². The third-order valence-corrected chi connectivity index (χ3v) is 3.72. The number of hydrogen-bond donors (Lipinski definition) is 2. The highest BCUT2D eigenvalue weighted by Gasteiger charge is 2.42. The van der Waals surface area contributed by atoms with E-state index in [0.717, 1.165) is 5.56 Å². The van der Waals surface area contributed by atoms with Crippen molar-refractivity contribution in [2.24, 2.45) is 5.92 Å². The fraction of sp³-hybridized carbons (Fsp3) is 0.533. The lowest BCUT2D eigenvalue weighted by Gasteiger charge is -2.30.